The molecule has 0 aromatic heterocycles. The third kappa shape index (κ3) is 0.685. The zero-order valence-electron chi connectivity index (χ0n) is 6.84. The highest BCUT2D eigenvalue weighted by atomic mass is 16.5. The van der Waals surface area contributed by atoms with Crippen molar-refractivity contribution < 1.29 is 4.74 Å². The highest BCUT2D eigenvalue weighted by Crippen LogP contribution is 2.38. The molecule has 1 aliphatic heterocycles. The van der Waals surface area contributed by atoms with Gasteiger partial charge in [0.25, 0.3) is 0 Å². The van der Waals surface area contributed by atoms with E-state index in [-0.39, 0.29) is 0 Å². The Bertz CT molecular complexity index is 363. The second kappa shape index (κ2) is 2.13. The average Bonchev–Trinajstić information content (AvgIpc) is 2.62. The van der Waals surface area contributed by atoms with Crippen molar-refractivity contribution in [1.29, 1.82) is 0 Å². The first-order valence-corrected chi connectivity index (χ1v) is 4.38. The lowest BCUT2D eigenvalue weighted by atomic mass is 10.0. The summed E-state index contributed by atoms with van der Waals surface area (Å²) in [5, 5.41) is 0. The fraction of sp³-hybridized carbons (Fsp3) is 0.273. The van der Waals surface area contributed by atoms with E-state index < -0.39 is 0 Å². The number of ether oxygens (including phenoxy) is 1. The molecule has 0 saturated heterocycles. The SMILES string of the molecule is c1ccc2c(c1)CC1=C2CCO1. The van der Waals surface area contributed by atoms with Crippen LogP contribution < -0.4 is 0 Å². The predicted octanol–water partition coefficient (Wildman–Crippen LogP) is 2.37. The summed E-state index contributed by atoms with van der Waals surface area (Å²) in [5.74, 6) is 1.22. The smallest absolute Gasteiger partial charge is 0.104 e. The molecule has 0 spiro atoms. The van der Waals surface area contributed by atoms with Gasteiger partial charge in [0, 0.05) is 18.4 Å². The molecular formula is C11H10O. The Balaban J connectivity index is 2.18. The van der Waals surface area contributed by atoms with Gasteiger partial charge in [0.1, 0.15) is 5.76 Å². The van der Waals surface area contributed by atoms with Gasteiger partial charge in [0.05, 0.1) is 6.61 Å². The van der Waals surface area contributed by atoms with Crippen molar-refractivity contribution in [3.8, 4) is 0 Å². The maximum Gasteiger partial charge on any atom is 0.104 e. The Morgan fingerprint density at radius 1 is 1.17 bits per heavy atom. The van der Waals surface area contributed by atoms with Crippen LogP contribution in [0.4, 0.5) is 0 Å². The monoisotopic (exact) mass is 158 g/mol. The largest absolute Gasteiger partial charge is 0.497 e. The molecule has 1 heteroatoms. The zero-order chi connectivity index (χ0) is 7.97. The summed E-state index contributed by atoms with van der Waals surface area (Å²) in [7, 11) is 0. The fourth-order valence-corrected chi connectivity index (χ4v) is 2.09. The Hall–Kier alpha value is -1.24. The zero-order valence-corrected chi connectivity index (χ0v) is 6.84. The number of allylic oxidation sites excluding steroid dienone is 1. The van der Waals surface area contributed by atoms with Gasteiger partial charge in [0.2, 0.25) is 0 Å². The number of fused-ring (bicyclic) bond motifs is 2. The van der Waals surface area contributed by atoms with Gasteiger partial charge in [-0.2, -0.15) is 0 Å². The van der Waals surface area contributed by atoms with Gasteiger partial charge in [-0.25, -0.2) is 0 Å². The summed E-state index contributed by atoms with van der Waals surface area (Å²) in [5.41, 5.74) is 4.30. The van der Waals surface area contributed by atoms with Crippen LogP contribution in [-0.4, -0.2) is 6.61 Å². The summed E-state index contributed by atoms with van der Waals surface area (Å²) >= 11 is 0. The second-order valence-electron chi connectivity index (χ2n) is 3.33. The van der Waals surface area contributed by atoms with E-state index in [1.807, 2.05) is 0 Å². The highest BCUT2D eigenvalue weighted by Gasteiger charge is 2.25. The molecule has 0 amide bonds. The molecule has 0 atom stereocenters. The average molecular weight is 158 g/mol. The van der Waals surface area contributed by atoms with Gasteiger partial charge in [0.15, 0.2) is 0 Å². The summed E-state index contributed by atoms with van der Waals surface area (Å²) < 4.78 is 5.54. The number of hydrogen-bond donors (Lipinski definition) is 0. The summed E-state index contributed by atoms with van der Waals surface area (Å²) in [6.07, 6.45) is 2.12. The first-order valence-electron chi connectivity index (χ1n) is 4.38. The van der Waals surface area contributed by atoms with E-state index in [0.29, 0.717) is 0 Å². The second-order valence-corrected chi connectivity index (χ2v) is 3.33. The van der Waals surface area contributed by atoms with Crippen LogP contribution in [0.5, 0.6) is 0 Å². The highest BCUT2D eigenvalue weighted by molar-refractivity contribution is 5.76. The van der Waals surface area contributed by atoms with Crippen LogP contribution in [0.25, 0.3) is 5.57 Å². The molecule has 0 fully saturated rings. The molecule has 1 aromatic carbocycles. The molecule has 0 unspecified atom stereocenters. The van der Waals surface area contributed by atoms with Gasteiger partial charge in [-0.15, -0.1) is 0 Å². The molecular weight excluding hydrogens is 148 g/mol. The van der Waals surface area contributed by atoms with Crippen LogP contribution in [-0.2, 0) is 11.2 Å². The van der Waals surface area contributed by atoms with Crippen molar-refractivity contribution in [2.45, 2.75) is 12.8 Å². The number of hydrogen-bond acceptors (Lipinski definition) is 1. The van der Waals surface area contributed by atoms with Crippen LogP contribution in [0, 0.1) is 0 Å². The van der Waals surface area contributed by atoms with Crippen LogP contribution in [0.1, 0.15) is 17.5 Å². The van der Waals surface area contributed by atoms with Gasteiger partial charge in [-0.3, -0.25) is 0 Å². The first-order chi connectivity index (χ1) is 5.95. The summed E-state index contributed by atoms with van der Waals surface area (Å²) in [4.78, 5) is 0. The van der Waals surface area contributed by atoms with Crippen LogP contribution in [0.3, 0.4) is 0 Å². The summed E-state index contributed by atoms with van der Waals surface area (Å²) in [6.45, 7) is 0.888. The Labute approximate surface area is 71.7 Å². The molecule has 3 rings (SSSR count). The lowest BCUT2D eigenvalue weighted by molar-refractivity contribution is 0.239. The standard InChI is InChI=1S/C11H10O/c1-2-4-9-8(3-1)7-11-10(9)5-6-12-11/h1-4H,5-7H2. The fourth-order valence-electron chi connectivity index (χ4n) is 2.09. The van der Waals surface area contributed by atoms with Crippen LogP contribution >= 0.6 is 0 Å². The van der Waals surface area contributed by atoms with Crippen molar-refractivity contribution in [1.82, 2.24) is 0 Å². The minimum atomic E-state index is 0.888. The minimum Gasteiger partial charge on any atom is -0.497 e. The Kier molecular flexibility index (Phi) is 1.12. The van der Waals surface area contributed by atoms with Crippen molar-refractivity contribution in [3.05, 3.63) is 41.2 Å². The van der Waals surface area contributed by atoms with E-state index in [2.05, 4.69) is 24.3 Å². The van der Waals surface area contributed by atoms with Crippen molar-refractivity contribution >= 4 is 5.57 Å². The third-order valence-corrected chi connectivity index (χ3v) is 2.66. The Morgan fingerprint density at radius 2 is 2.08 bits per heavy atom. The lowest BCUT2D eigenvalue weighted by Gasteiger charge is -2.01. The molecule has 2 aliphatic rings. The number of rotatable bonds is 0. The van der Waals surface area contributed by atoms with E-state index in [4.69, 9.17) is 4.74 Å². The predicted molar refractivity (Wildman–Crippen MR) is 47.6 cm³/mol. The van der Waals surface area contributed by atoms with Crippen molar-refractivity contribution in [3.63, 3.8) is 0 Å². The Morgan fingerprint density at radius 3 is 3.08 bits per heavy atom. The van der Waals surface area contributed by atoms with E-state index in [1.165, 1.54) is 22.5 Å². The van der Waals surface area contributed by atoms with Crippen molar-refractivity contribution in [2.24, 2.45) is 0 Å². The molecule has 12 heavy (non-hydrogen) atoms. The van der Waals surface area contributed by atoms with Gasteiger partial charge < -0.3 is 4.74 Å². The van der Waals surface area contributed by atoms with E-state index in [9.17, 15) is 0 Å². The molecule has 1 heterocycles. The minimum absolute atomic E-state index is 0.888. The van der Waals surface area contributed by atoms with Gasteiger partial charge in [-0.1, -0.05) is 24.3 Å². The molecule has 0 saturated carbocycles. The molecule has 1 nitrogen and oxygen atoms in total. The number of benzene rings is 1. The van der Waals surface area contributed by atoms with E-state index >= 15 is 0 Å². The maximum absolute atomic E-state index is 5.54. The summed E-state index contributed by atoms with van der Waals surface area (Å²) in [6, 6.07) is 8.59. The van der Waals surface area contributed by atoms with Gasteiger partial charge >= 0.3 is 0 Å². The molecule has 0 N–H and O–H groups in total. The van der Waals surface area contributed by atoms with E-state index in [0.717, 1.165) is 19.4 Å². The van der Waals surface area contributed by atoms with Crippen LogP contribution in [0.2, 0.25) is 0 Å². The third-order valence-electron chi connectivity index (χ3n) is 2.66. The van der Waals surface area contributed by atoms with Crippen LogP contribution in [0.15, 0.2) is 30.0 Å². The maximum atomic E-state index is 5.54. The molecule has 60 valence electrons. The molecule has 1 aliphatic carbocycles. The lowest BCUT2D eigenvalue weighted by Crippen LogP contribution is -1.90. The van der Waals surface area contributed by atoms with E-state index in [1.54, 1.807) is 0 Å². The quantitative estimate of drug-likeness (QED) is 0.563. The normalized spacial score (nSPS) is 19.0. The molecule has 0 radical (unpaired) electrons. The first kappa shape index (κ1) is 6.30. The topological polar surface area (TPSA) is 9.23 Å². The van der Waals surface area contributed by atoms with Crippen molar-refractivity contribution in [2.75, 3.05) is 6.61 Å². The molecule has 0 bridgehead atoms. The van der Waals surface area contributed by atoms with Gasteiger partial charge in [-0.05, 0) is 11.1 Å². The molecule has 1 aromatic rings.